The van der Waals surface area contributed by atoms with E-state index < -0.39 is 5.97 Å². The highest BCUT2D eigenvalue weighted by atomic mass is 16.5. The van der Waals surface area contributed by atoms with Crippen LogP contribution in [0, 0.1) is 5.92 Å². The molecule has 0 aliphatic carbocycles. The SMILES string of the molecule is CCOc1ccc(-c2nnc3n2CC(C(=O)O)CC3)cc1. The lowest BCUT2D eigenvalue weighted by atomic mass is 9.99. The lowest BCUT2D eigenvalue weighted by Gasteiger charge is -2.21. The van der Waals surface area contributed by atoms with E-state index in [0.29, 0.717) is 26.0 Å². The molecule has 1 aliphatic rings. The van der Waals surface area contributed by atoms with Gasteiger partial charge in [0.15, 0.2) is 5.82 Å². The molecule has 1 unspecified atom stereocenters. The molecule has 21 heavy (non-hydrogen) atoms. The fourth-order valence-corrected chi connectivity index (χ4v) is 2.61. The Kier molecular flexibility index (Phi) is 3.60. The van der Waals surface area contributed by atoms with Gasteiger partial charge in [0.25, 0.3) is 0 Å². The summed E-state index contributed by atoms with van der Waals surface area (Å²) in [6.45, 7) is 3.00. The maximum absolute atomic E-state index is 11.2. The van der Waals surface area contributed by atoms with E-state index in [1.165, 1.54) is 0 Å². The second-order valence-corrected chi connectivity index (χ2v) is 5.08. The highest BCUT2D eigenvalue weighted by Gasteiger charge is 2.27. The van der Waals surface area contributed by atoms with Gasteiger partial charge in [-0.05, 0) is 37.6 Å². The summed E-state index contributed by atoms with van der Waals surface area (Å²) in [4.78, 5) is 11.2. The molecule has 0 spiro atoms. The Morgan fingerprint density at radius 1 is 1.38 bits per heavy atom. The fourth-order valence-electron chi connectivity index (χ4n) is 2.61. The van der Waals surface area contributed by atoms with Gasteiger partial charge in [-0.25, -0.2) is 0 Å². The Balaban J connectivity index is 1.90. The van der Waals surface area contributed by atoms with Crippen molar-refractivity contribution in [3.05, 3.63) is 30.1 Å². The molecule has 1 aromatic heterocycles. The minimum absolute atomic E-state index is 0.366. The molecule has 1 N–H and O–H groups in total. The number of nitrogens with zero attached hydrogens (tertiary/aromatic N) is 3. The predicted octanol–water partition coefficient (Wildman–Crippen LogP) is 1.99. The molecule has 0 fully saturated rings. The van der Waals surface area contributed by atoms with E-state index in [-0.39, 0.29) is 5.92 Å². The van der Waals surface area contributed by atoms with Crippen LogP contribution >= 0.6 is 0 Å². The van der Waals surface area contributed by atoms with Crippen molar-refractivity contribution in [1.29, 1.82) is 0 Å². The maximum atomic E-state index is 11.2. The average Bonchev–Trinajstić information content (AvgIpc) is 2.91. The van der Waals surface area contributed by atoms with Gasteiger partial charge in [0.2, 0.25) is 0 Å². The molecule has 1 atom stereocenters. The Labute approximate surface area is 122 Å². The molecule has 0 radical (unpaired) electrons. The van der Waals surface area contributed by atoms with Crippen molar-refractivity contribution < 1.29 is 14.6 Å². The molecule has 110 valence electrons. The van der Waals surface area contributed by atoms with Gasteiger partial charge in [0, 0.05) is 18.5 Å². The standard InChI is InChI=1S/C15H17N3O3/c1-2-21-12-6-3-10(4-7-12)14-17-16-13-8-5-11(15(19)20)9-18(13)14/h3-4,6-7,11H,2,5,8-9H2,1H3,(H,19,20). The van der Waals surface area contributed by atoms with Crippen LogP contribution in [-0.4, -0.2) is 32.4 Å². The number of hydrogen-bond donors (Lipinski definition) is 1. The van der Waals surface area contributed by atoms with Gasteiger partial charge in [0.05, 0.1) is 12.5 Å². The van der Waals surface area contributed by atoms with Gasteiger partial charge in [-0.1, -0.05) is 0 Å². The van der Waals surface area contributed by atoms with Crippen molar-refractivity contribution in [2.24, 2.45) is 5.92 Å². The van der Waals surface area contributed by atoms with Gasteiger partial charge in [-0.3, -0.25) is 4.79 Å². The number of hydrogen-bond acceptors (Lipinski definition) is 4. The summed E-state index contributed by atoms with van der Waals surface area (Å²) in [5, 5.41) is 17.6. The van der Waals surface area contributed by atoms with Gasteiger partial charge < -0.3 is 14.4 Å². The van der Waals surface area contributed by atoms with Crippen LogP contribution in [0.15, 0.2) is 24.3 Å². The van der Waals surface area contributed by atoms with E-state index in [9.17, 15) is 9.90 Å². The number of rotatable bonds is 4. The number of carboxylic acids is 1. The monoisotopic (exact) mass is 287 g/mol. The number of fused-ring (bicyclic) bond motifs is 1. The van der Waals surface area contributed by atoms with Crippen molar-refractivity contribution in [2.45, 2.75) is 26.3 Å². The summed E-state index contributed by atoms with van der Waals surface area (Å²) in [7, 11) is 0. The number of carbonyl (C=O) groups is 1. The molecular formula is C15H17N3O3. The number of aromatic nitrogens is 3. The Morgan fingerprint density at radius 2 is 2.14 bits per heavy atom. The number of benzene rings is 1. The summed E-state index contributed by atoms with van der Waals surface area (Å²) in [5.41, 5.74) is 0.920. The summed E-state index contributed by atoms with van der Waals surface area (Å²) in [5.74, 6) is 1.26. The van der Waals surface area contributed by atoms with Crippen LogP contribution in [0.25, 0.3) is 11.4 Å². The zero-order valence-corrected chi connectivity index (χ0v) is 11.8. The molecule has 0 saturated heterocycles. The van der Waals surface area contributed by atoms with E-state index in [1.807, 2.05) is 35.8 Å². The first-order chi connectivity index (χ1) is 10.2. The molecule has 0 amide bonds. The summed E-state index contributed by atoms with van der Waals surface area (Å²) in [6, 6.07) is 7.62. The van der Waals surface area contributed by atoms with Crippen molar-refractivity contribution in [1.82, 2.24) is 14.8 Å². The van der Waals surface area contributed by atoms with Crippen molar-refractivity contribution in [2.75, 3.05) is 6.61 Å². The van der Waals surface area contributed by atoms with Crippen LogP contribution in [0.1, 0.15) is 19.2 Å². The van der Waals surface area contributed by atoms with Crippen molar-refractivity contribution in [3.8, 4) is 17.1 Å². The number of aryl methyl sites for hydroxylation is 1. The Hall–Kier alpha value is -2.37. The molecule has 1 aromatic carbocycles. The number of carboxylic acid groups (broad SMARTS) is 1. The minimum Gasteiger partial charge on any atom is -0.494 e. The largest absolute Gasteiger partial charge is 0.494 e. The number of aliphatic carboxylic acids is 1. The van der Waals surface area contributed by atoms with Crippen LogP contribution in [0.5, 0.6) is 5.75 Å². The Morgan fingerprint density at radius 3 is 2.81 bits per heavy atom. The van der Waals surface area contributed by atoms with Crippen LogP contribution in [0.2, 0.25) is 0 Å². The lowest BCUT2D eigenvalue weighted by molar-refractivity contribution is -0.142. The molecule has 0 bridgehead atoms. The molecule has 2 heterocycles. The third kappa shape index (κ3) is 2.61. The van der Waals surface area contributed by atoms with Gasteiger partial charge in [0.1, 0.15) is 11.6 Å². The second kappa shape index (κ2) is 5.55. The summed E-state index contributed by atoms with van der Waals surface area (Å²) >= 11 is 0. The average molecular weight is 287 g/mol. The first-order valence-electron chi connectivity index (χ1n) is 7.07. The fraction of sp³-hybridized carbons (Fsp3) is 0.400. The first-order valence-corrected chi connectivity index (χ1v) is 7.07. The van der Waals surface area contributed by atoms with Crippen LogP contribution in [0.3, 0.4) is 0 Å². The summed E-state index contributed by atoms with van der Waals surface area (Å²) in [6.07, 6.45) is 1.28. The van der Waals surface area contributed by atoms with Crippen LogP contribution in [0.4, 0.5) is 0 Å². The third-order valence-electron chi connectivity index (χ3n) is 3.72. The quantitative estimate of drug-likeness (QED) is 0.930. The zero-order valence-electron chi connectivity index (χ0n) is 11.8. The van der Waals surface area contributed by atoms with Crippen molar-refractivity contribution in [3.63, 3.8) is 0 Å². The second-order valence-electron chi connectivity index (χ2n) is 5.08. The molecule has 2 aromatic rings. The molecule has 6 heteroatoms. The smallest absolute Gasteiger partial charge is 0.308 e. The third-order valence-corrected chi connectivity index (χ3v) is 3.72. The van der Waals surface area contributed by atoms with E-state index in [0.717, 1.165) is 23.0 Å². The van der Waals surface area contributed by atoms with Crippen LogP contribution in [-0.2, 0) is 17.8 Å². The molecule has 0 saturated carbocycles. The molecule has 1 aliphatic heterocycles. The van der Waals surface area contributed by atoms with E-state index in [4.69, 9.17) is 4.74 Å². The lowest BCUT2D eigenvalue weighted by Crippen LogP contribution is -2.27. The van der Waals surface area contributed by atoms with E-state index in [2.05, 4.69) is 10.2 Å². The van der Waals surface area contributed by atoms with Gasteiger partial charge in [-0.2, -0.15) is 0 Å². The maximum Gasteiger partial charge on any atom is 0.308 e. The van der Waals surface area contributed by atoms with E-state index in [1.54, 1.807) is 0 Å². The first kappa shape index (κ1) is 13.6. The highest BCUT2D eigenvalue weighted by molar-refractivity contribution is 5.70. The van der Waals surface area contributed by atoms with Crippen LogP contribution < -0.4 is 4.74 Å². The van der Waals surface area contributed by atoms with Crippen molar-refractivity contribution >= 4 is 5.97 Å². The molecular weight excluding hydrogens is 270 g/mol. The topological polar surface area (TPSA) is 77.2 Å². The zero-order chi connectivity index (χ0) is 14.8. The normalized spacial score (nSPS) is 17.3. The highest BCUT2D eigenvalue weighted by Crippen LogP contribution is 2.27. The number of ether oxygens (including phenoxy) is 1. The minimum atomic E-state index is -0.757. The van der Waals surface area contributed by atoms with E-state index >= 15 is 0 Å². The van der Waals surface area contributed by atoms with Gasteiger partial charge in [-0.15, -0.1) is 10.2 Å². The summed E-state index contributed by atoms with van der Waals surface area (Å²) < 4.78 is 7.33. The van der Waals surface area contributed by atoms with Gasteiger partial charge >= 0.3 is 5.97 Å². The molecule has 3 rings (SSSR count). The molecule has 6 nitrogen and oxygen atoms in total. The Bertz CT molecular complexity index is 649. The predicted molar refractivity (Wildman–Crippen MR) is 76.1 cm³/mol.